The average molecular weight is 253 g/mol. The van der Waals surface area contributed by atoms with Crippen LogP contribution in [0.3, 0.4) is 0 Å². The molecule has 0 bridgehead atoms. The molecule has 2 rings (SSSR count). The Hall–Kier alpha value is -0.480. The van der Waals surface area contributed by atoms with E-state index in [4.69, 9.17) is 0 Å². The molecule has 96 valence electrons. The van der Waals surface area contributed by atoms with Gasteiger partial charge in [-0.3, -0.25) is 0 Å². The van der Waals surface area contributed by atoms with E-state index in [1.807, 2.05) is 11.3 Å². The van der Waals surface area contributed by atoms with Gasteiger partial charge in [0.05, 0.1) is 0 Å². The number of rotatable bonds is 6. The minimum Gasteiger partial charge on any atom is -0.317 e. The van der Waals surface area contributed by atoms with Crippen molar-refractivity contribution in [2.45, 2.75) is 57.8 Å². The Balaban J connectivity index is 1.78. The molecule has 0 saturated heterocycles. The minimum absolute atomic E-state index is 0.712. The summed E-state index contributed by atoms with van der Waals surface area (Å²) in [5.41, 5.74) is 0. The summed E-state index contributed by atoms with van der Waals surface area (Å²) in [5.74, 6) is 0.712. The van der Waals surface area contributed by atoms with Crippen LogP contribution in [0.2, 0.25) is 0 Å². The third-order valence-electron chi connectivity index (χ3n) is 3.43. The monoisotopic (exact) mass is 253 g/mol. The van der Waals surface area contributed by atoms with Crippen LogP contribution in [0.4, 0.5) is 0 Å². The number of hydrogen-bond donors (Lipinski definition) is 1. The molecule has 0 amide bonds. The van der Waals surface area contributed by atoms with E-state index in [-0.39, 0.29) is 0 Å². The lowest BCUT2D eigenvalue weighted by Gasteiger charge is -2.18. The summed E-state index contributed by atoms with van der Waals surface area (Å²) >= 11 is 1.85. The van der Waals surface area contributed by atoms with Crippen LogP contribution in [-0.4, -0.2) is 23.3 Å². The van der Waals surface area contributed by atoms with Gasteiger partial charge in [0.15, 0.2) is 0 Å². The molecular formula is C13H23N3S. The van der Waals surface area contributed by atoms with Gasteiger partial charge in [-0.25, -0.2) is 0 Å². The highest BCUT2D eigenvalue weighted by molar-refractivity contribution is 7.11. The number of nitrogens with zero attached hydrogens (tertiary/aromatic N) is 2. The zero-order chi connectivity index (χ0) is 11.9. The van der Waals surface area contributed by atoms with Crippen molar-refractivity contribution >= 4 is 11.3 Å². The highest BCUT2D eigenvalue weighted by Crippen LogP contribution is 2.34. The fraction of sp³-hybridized carbons (Fsp3) is 0.846. The molecule has 1 heterocycles. The number of aromatic nitrogens is 2. The van der Waals surface area contributed by atoms with Crippen LogP contribution in [0.5, 0.6) is 0 Å². The van der Waals surface area contributed by atoms with Crippen LogP contribution >= 0.6 is 11.3 Å². The van der Waals surface area contributed by atoms with E-state index < -0.39 is 0 Å². The van der Waals surface area contributed by atoms with Crippen molar-refractivity contribution in [2.75, 3.05) is 13.1 Å². The van der Waals surface area contributed by atoms with Gasteiger partial charge < -0.3 is 5.32 Å². The topological polar surface area (TPSA) is 37.8 Å². The van der Waals surface area contributed by atoms with E-state index in [1.54, 1.807) is 0 Å². The van der Waals surface area contributed by atoms with Crippen LogP contribution in [0.25, 0.3) is 0 Å². The number of nitrogens with one attached hydrogen (secondary N) is 1. The van der Waals surface area contributed by atoms with Crippen molar-refractivity contribution in [2.24, 2.45) is 0 Å². The third kappa shape index (κ3) is 4.03. The molecule has 1 aromatic rings. The molecule has 0 spiro atoms. The fourth-order valence-electron chi connectivity index (χ4n) is 2.42. The summed E-state index contributed by atoms with van der Waals surface area (Å²) in [6, 6.07) is 0. The standard InChI is InChI=1S/C13H23N3S/c1-2-14-10-6-9-12-15-16-13(17-12)11-7-4-3-5-8-11/h11,14H,2-10H2,1H3. The van der Waals surface area contributed by atoms with E-state index in [1.165, 1.54) is 48.5 Å². The van der Waals surface area contributed by atoms with E-state index >= 15 is 0 Å². The van der Waals surface area contributed by atoms with Gasteiger partial charge in [-0.15, -0.1) is 21.5 Å². The Morgan fingerprint density at radius 2 is 2.06 bits per heavy atom. The summed E-state index contributed by atoms with van der Waals surface area (Å²) in [7, 11) is 0. The molecule has 0 unspecified atom stereocenters. The van der Waals surface area contributed by atoms with Crippen molar-refractivity contribution in [1.29, 1.82) is 0 Å². The zero-order valence-corrected chi connectivity index (χ0v) is 11.6. The van der Waals surface area contributed by atoms with Crippen molar-refractivity contribution in [3.8, 4) is 0 Å². The predicted octanol–water partition coefficient (Wildman–Crippen LogP) is 3.13. The Kier molecular flexibility index (Phi) is 5.39. The highest BCUT2D eigenvalue weighted by atomic mass is 32.1. The Bertz CT molecular complexity index is 318. The van der Waals surface area contributed by atoms with Crippen LogP contribution < -0.4 is 5.32 Å². The quantitative estimate of drug-likeness (QED) is 0.792. The summed E-state index contributed by atoms with van der Waals surface area (Å²) in [6.07, 6.45) is 9.06. The first-order chi connectivity index (χ1) is 8.40. The Morgan fingerprint density at radius 3 is 2.82 bits per heavy atom. The molecule has 1 N–H and O–H groups in total. The van der Waals surface area contributed by atoms with Gasteiger partial charge in [0, 0.05) is 12.3 Å². The maximum absolute atomic E-state index is 4.39. The zero-order valence-electron chi connectivity index (χ0n) is 10.7. The fourth-order valence-corrected chi connectivity index (χ4v) is 3.48. The second kappa shape index (κ2) is 7.07. The number of hydrogen-bond acceptors (Lipinski definition) is 4. The minimum atomic E-state index is 0.712. The van der Waals surface area contributed by atoms with E-state index in [0.29, 0.717) is 5.92 Å². The van der Waals surface area contributed by atoms with Gasteiger partial charge in [-0.2, -0.15) is 0 Å². The lowest BCUT2D eigenvalue weighted by atomic mass is 9.90. The first-order valence-electron chi connectivity index (χ1n) is 6.93. The van der Waals surface area contributed by atoms with Crippen LogP contribution in [0.15, 0.2) is 0 Å². The molecular weight excluding hydrogens is 230 g/mol. The Morgan fingerprint density at radius 1 is 1.24 bits per heavy atom. The summed E-state index contributed by atoms with van der Waals surface area (Å²) in [5, 5.41) is 14.6. The molecule has 4 heteroatoms. The summed E-state index contributed by atoms with van der Waals surface area (Å²) in [4.78, 5) is 0. The van der Waals surface area contributed by atoms with Crippen LogP contribution in [-0.2, 0) is 6.42 Å². The SMILES string of the molecule is CCNCCCc1nnc(C2CCCCC2)s1. The van der Waals surface area contributed by atoms with Gasteiger partial charge in [-0.1, -0.05) is 26.2 Å². The molecule has 1 fully saturated rings. The van der Waals surface area contributed by atoms with Gasteiger partial charge in [0.25, 0.3) is 0 Å². The molecule has 0 atom stereocenters. The first kappa shape index (κ1) is 13.0. The second-order valence-electron chi connectivity index (χ2n) is 4.83. The molecule has 0 aromatic carbocycles. The lowest BCUT2D eigenvalue weighted by molar-refractivity contribution is 0.440. The molecule has 1 aliphatic carbocycles. The van der Waals surface area contributed by atoms with Gasteiger partial charge >= 0.3 is 0 Å². The number of aryl methyl sites for hydroxylation is 1. The van der Waals surface area contributed by atoms with Gasteiger partial charge in [0.1, 0.15) is 10.0 Å². The van der Waals surface area contributed by atoms with Crippen molar-refractivity contribution < 1.29 is 0 Å². The lowest BCUT2D eigenvalue weighted by Crippen LogP contribution is -2.14. The van der Waals surface area contributed by atoms with Gasteiger partial charge in [0.2, 0.25) is 0 Å². The normalized spacial score (nSPS) is 17.5. The van der Waals surface area contributed by atoms with Crippen LogP contribution in [0.1, 0.15) is 61.4 Å². The highest BCUT2D eigenvalue weighted by Gasteiger charge is 2.19. The van der Waals surface area contributed by atoms with Crippen molar-refractivity contribution in [3.05, 3.63) is 10.0 Å². The molecule has 1 saturated carbocycles. The van der Waals surface area contributed by atoms with Crippen LogP contribution in [0, 0.1) is 0 Å². The molecule has 1 aromatic heterocycles. The first-order valence-corrected chi connectivity index (χ1v) is 7.74. The largest absolute Gasteiger partial charge is 0.317 e. The maximum atomic E-state index is 4.39. The van der Waals surface area contributed by atoms with Crippen molar-refractivity contribution in [3.63, 3.8) is 0 Å². The smallest absolute Gasteiger partial charge is 0.120 e. The van der Waals surface area contributed by atoms with E-state index in [0.717, 1.165) is 19.5 Å². The van der Waals surface area contributed by atoms with Crippen molar-refractivity contribution in [1.82, 2.24) is 15.5 Å². The molecule has 17 heavy (non-hydrogen) atoms. The molecule has 0 aliphatic heterocycles. The third-order valence-corrected chi connectivity index (χ3v) is 4.58. The summed E-state index contributed by atoms with van der Waals surface area (Å²) < 4.78 is 0. The average Bonchev–Trinajstić information content (AvgIpc) is 2.85. The Labute approximate surface area is 108 Å². The molecule has 1 aliphatic rings. The maximum Gasteiger partial charge on any atom is 0.120 e. The summed E-state index contributed by atoms with van der Waals surface area (Å²) in [6.45, 7) is 4.30. The van der Waals surface area contributed by atoms with E-state index in [2.05, 4.69) is 22.4 Å². The van der Waals surface area contributed by atoms with Gasteiger partial charge in [-0.05, 0) is 32.4 Å². The second-order valence-corrected chi connectivity index (χ2v) is 5.92. The van der Waals surface area contributed by atoms with E-state index in [9.17, 15) is 0 Å². The predicted molar refractivity (Wildman–Crippen MR) is 72.6 cm³/mol. The molecule has 3 nitrogen and oxygen atoms in total. The molecule has 0 radical (unpaired) electrons.